The minimum atomic E-state index is -3.82. The Hall–Kier alpha value is -11.9. The minimum Gasteiger partial charge on any atom is -0.506 e. The number of aryl methyl sites for hydroxylation is 8. The van der Waals surface area contributed by atoms with Crippen LogP contribution in [0.15, 0.2) is 230 Å². The van der Waals surface area contributed by atoms with Crippen LogP contribution in [0.4, 0.5) is 45.5 Å². The van der Waals surface area contributed by atoms with Gasteiger partial charge in [-0.15, -0.1) is 40.9 Å². The summed E-state index contributed by atoms with van der Waals surface area (Å²) in [6, 6.07) is 44.5. The van der Waals surface area contributed by atoms with E-state index in [1.165, 1.54) is 91.5 Å². The minimum absolute atomic E-state index is 0. The molecule has 2 radical (unpaired) electrons. The van der Waals surface area contributed by atoms with Crippen LogP contribution < -0.4 is 9.44 Å². The van der Waals surface area contributed by atoms with Gasteiger partial charge in [0.2, 0.25) is 43.6 Å². The molecule has 36 nitrogen and oxygen atoms in total. The Bertz CT molecular complexity index is 5960. The number of rotatable bonds is 28. The first kappa shape index (κ1) is 99.2. The Balaban J connectivity index is 0.000000227. The fourth-order valence-corrected chi connectivity index (χ4v) is 14.3. The molecular weight excluding hydrogens is 1770 g/mol. The van der Waals surface area contributed by atoms with E-state index in [1.54, 1.807) is 27.7 Å². The molecule has 0 fully saturated rings. The van der Waals surface area contributed by atoms with E-state index in [9.17, 15) is 74.5 Å². The zero-order chi connectivity index (χ0) is 89.3. The van der Waals surface area contributed by atoms with Crippen LogP contribution in [-0.4, -0.2) is 165 Å². The maximum Gasteiger partial charge on any atom is 0.243 e. The number of benzene rings is 8. The Morgan fingerprint density at radius 1 is 0.323 bits per heavy atom. The molecule has 4 heterocycles. The van der Waals surface area contributed by atoms with Gasteiger partial charge in [0.15, 0.2) is 42.4 Å². The molecule has 10 N–H and O–H groups in total. The predicted octanol–water partition coefficient (Wildman–Crippen LogP) is 16.3. The summed E-state index contributed by atoms with van der Waals surface area (Å²) >= 11 is 0. The standard InChI is InChI=1S/2C23H29N5O5S.2C18H18N4O4S.2Co/c2*1-15(2)33-13-5-12-24-34(31,32)19-10-11-21(29)20(14-19)25-26-22-17(4)27-28(23(22)30)18-8-6-16(3)7-9-18;2*1-11-4-6-13(7-5-11)22-18(24)17(12(2)21-22)20-19-15-10-14(27(3,25)26)8-9-16(15)23;;/h2*6-11,14-15,24,29-30H,5,12-13H2,1-4H3;2*4-10,23-24H,1-3H3;;. The summed E-state index contributed by atoms with van der Waals surface area (Å²) in [6.07, 6.45) is 3.31. The predicted molar refractivity (Wildman–Crippen MR) is 456 cm³/mol. The Morgan fingerprint density at radius 2 is 0.532 bits per heavy atom. The van der Waals surface area contributed by atoms with Crippen molar-refractivity contribution in [2.24, 2.45) is 40.9 Å². The smallest absolute Gasteiger partial charge is 0.243 e. The fraction of sp³-hybridized carbons (Fsp3) is 0.268. The van der Waals surface area contributed by atoms with Gasteiger partial charge in [-0.25, -0.2) is 43.1 Å². The molecule has 0 amide bonds. The summed E-state index contributed by atoms with van der Waals surface area (Å²) in [7, 11) is -14.5. The van der Waals surface area contributed by atoms with Crippen LogP contribution in [-0.2, 0) is 82.8 Å². The number of ether oxygens (including phenoxy) is 2. The summed E-state index contributed by atoms with van der Waals surface area (Å²) in [6.45, 7) is 23.4. The molecule has 662 valence electrons. The van der Waals surface area contributed by atoms with Gasteiger partial charge >= 0.3 is 0 Å². The van der Waals surface area contributed by atoms with E-state index in [4.69, 9.17) is 9.47 Å². The molecule has 0 bridgehead atoms. The normalized spacial score (nSPS) is 11.9. The molecular formula is C82H94Co2N18O18S4. The van der Waals surface area contributed by atoms with Gasteiger partial charge in [0.05, 0.1) is 77.3 Å². The molecule has 4 aromatic heterocycles. The second-order valence-electron chi connectivity index (χ2n) is 28.3. The first-order chi connectivity index (χ1) is 57.5. The molecule has 8 aromatic carbocycles. The third-order valence-electron chi connectivity index (χ3n) is 17.6. The van der Waals surface area contributed by atoms with Crippen LogP contribution in [0.1, 0.15) is 85.6 Å². The van der Waals surface area contributed by atoms with Gasteiger partial charge in [-0.3, -0.25) is 0 Å². The average molecular weight is 1870 g/mol. The Labute approximate surface area is 737 Å². The Kier molecular flexibility index (Phi) is 34.7. The van der Waals surface area contributed by atoms with Crippen molar-refractivity contribution in [2.75, 3.05) is 38.8 Å². The van der Waals surface area contributed by atoms with E-state index < -0.39 is 39.7 Å². The van der Waals surface area contributed by atoms with Gasteiger partial charge in [0.25, 0.3) is 0 Å². The maximum atomic E-state index is 12.6. The number of sulfonamides is 2. The van der Waals surface area contributed by atoms with E-state index in [-0.39, 0.29) is 170 Å². The molecule has 12 aromatic rings. The van der Waals surface area contributed by atoms with Crippen molar-refractivity contribution in [3.8, 4) is 69.3 Å². The van der Waals surface area contributed by atoms with Crippen LogP contribution in [0.25, 0.3) is 22.7 Å². The molecule has 0 aliphatic carbocycles. The number of hydrogen-bond acceptors (Lipinski definition) is 30. The van der Waals surface area contributed by atoms with Crippen molar-refractivity contribution < 1.29 is 118 Å². The van der Waals surface area contributed by atoms with Crippen LogP contribution in [0.5, 0.6) is 46.5 Å². The summed E-state index contributed by atoms with van der Waals surface area (Å²) in [5.74, 6) is -1.83. The molecule has 0 saturated heterocycles. The summed E-state index contributed by atoms with van der Waals surface area (Å²) in [5, 5.41) is 131. The number of sulfone groups is 2. The summed E-state index contributed by atoms with van der Waals surface area (Å²) in [5.41, 5.74) is 8.85. The van der Waals surface area contributed by atoms with Crippen molar-refractivity contribution in [2.45, 2.75) is 128 Å². The molecule has 0 unspecified atom stereocenters. The number of aromatic hydroxyl groups is 8. The van der Waals surface area contributed by atoms with Crippen molar-refractivity contribution in [3.63, 3.8) is 0 Å². The number of nitrogens with zero attached hydrogens (tertiary/aromatic N) is 16. The van der Waals surface area contributed by atoms with E-state index in [0.29, 0.717) is 71.6 Å². The third-order valence-corrected chi connectivity index (χ3v) is 22.7. The Morgan fingerprint density at radius 3 is 0.742 bits per heavy atom. The largest absolute Gasteiger partial charge is 0.506 e. The number of nitrogens with one attached hydrogen (secondary N) is 2. The number of azo groups is 4. The van der Waals surface area contributed by atoms with Gasteiger partial charge in [-0.05, 0) is 217 Å². The van der Waals surface area contributed by atoms with Gasteiger partial charge in [0.1, 0.15) is 45.7 Å². The van der Waals surface area contributed by atoms with Gasteiger partial charge in [-0.1, -0.05) is 70.8 Å². The summed E-state index contributed by atoms with van der Waals surface area (Å²) < 4.78 is 118. The van der Waals surface area contributed by atoms with E-state index in [2.05, 4.69) is 70.8 Å². The number of hydrogen-bond donors (Lipinski definition) is 10. The van der Waals surface area contributed by atoms with Gasteiger partial charge in [0, 0.05) is 72.4 Å². The topological polar surface area (TPSA) is 511 Å². The van der Waals surface area contributed by atoms with E-state index in [0.717, 1.165) is 34.8 Å². The van der Waals surface area contributed by atoms with Crippen LogP contribution in [0.3, 0.4) is 0 Å². The molecule has 124 heavy (non-hydrogen) atoms. The molecule has 0 aliphatic rings. The maximum absolute atomic E-state index is 12.6. The SMILES string of the molecule is Cc1ccc(-n2nc(C)c(N=Nc3cc(S(=O)(=O)NCCCOC(C)C)ccc3O)c2O)cc1.Cc1ccc(-n2nc(C)c(N=Nc3cc(S(=O)(=O)NCCCOC(C)C)ccc3O)c2O)cc1.Cc1ccc(-n2nc(C)c(N=Nc3cc(S(C)(=O)=O)ccc3O)c2O)cc1.Cc1ccc(-n2nc(C)c(N=Nc3cc(S(C)(=O)=O)ccc3O)c2O)cc1.[Co].[Co]. The zero-order valence-corrected chi connectivity index (χ0v) is 75.0. The number of phenols is 4. The second kappa shape index (κ2) is 43.4. The van der Waals surface area contributed by atoms with E-state index >= 15 is 0 Å². The van der Waals surface area contributed by atoms with Gasteiger partial charge in [-0.2, -0.15) is 39.1 Å². The number of phenolic OH excluding ortho intramolecular Hbond substituents is 4. The van der Waals surface area contributed by atoms with E-state index in [1.807, 2.05) is 152 Å². The van der Waals surface area contributed by atoms with Crippen molar-refractivity contribution in [3.05, 3.63) is 215 Å². The molecule has 0 saturated carbocycles. The molecule has 0 atom stereocenters. The summed E-state index contributed by atoms with van der Waals surface area (Å²) in [4.78, 5) is -0.128. The third kappa shape index (κ3) is 26.5. The van der Waals surface area contributed by atoms with Crippen LogP contribution in [0.2, 0.25) is 0 Å². The molecule has 0 spiro atoms. The molecule has 12 rings (SSSR count). The second-order valence-corrected chi connectivity index (χ2v) is 35.9. The van der Waals surface area contributed by atoms with Crippen molar-refractivity contribution in [1.29, 1.82) is 0 Å². The van der Waals surface area contributed by atoms with Crippen molar-refractivity contribution >= 4 is 85.2 Å². The average Bonchev–Trinajstić information content (AvgIpc) is 1.71. The van der Waals surface area contributed by atoms with Crippen LogP contribution in [0, 0.1) is 55.4 Å². The van der Waals surface area contributed by atoms with Crippen molar-refractivity contribution in [1.82, 2.24) is 48.6 Å². The molecule has 42 heteroatoms. The van der Waals surface area contributed by atoms with Crippen LogP contribution >= 0.6 is 0 Å². The monoisotopic (exact) mass is 1860 g/mol. The first-order valence-electron chi connectivity index (χ1n) is 37.5. The quantitative estimate of drug-likeness (QED) is 0.0161. The van der Waals surface area contributed by atoms with Gasteiger partial charge < -0.3 is 50.3 Å². The first-order valence-corrected chi connectivity index (χ1v) is 44.3. The fourth-order valence-electron chi connectivity index (χ4n) is 10.9. The number of aromatic nitrogens is 8. The zero-order valence-electron chi connectivity index (χ0n) is 69.7. The molecule has 0 aliphatic heterocycles.